The molecule has 2 aliphatic rings. The lowest BCUT2D eigenvalue weighted by Gasteiger charge is -2.38. The van der Waals surface area contributed by atoms with Gasteiger partial charge in [0.15, 0.2) is 5.78 Å². The Labute approximate surface area is 118 Å². The zero-order chi connectivity index (χ0) is 14.2. The van der Waals surface area contributed by atoms with Crippen LogP contribution in [0.15, 0.2) is 30.4 Å². The van der Waals surface area contributed by atoms with E-state index in [4.69, 9.17) is 14.2 Å². The van der Waals surface area contributed by atoms with Crippen molar-refractivity contribution in [2.75, 3.05) is 20.3 Å². The highest BCUT2D eigenvalue weighted by molar-refractivity contribution is 5.99. The Morgan fingerprint density at radius 1 is 1.35 bits per heavy atom. The minimum Gasteiger partial charge on any atom is -0.497 e. The van der Waals surface area contributed by atoms with E-state index in [1.807, 2.05) is 31.2 Å². The topological polar surface area (TPSA) is 44.8 Å². The normalized spacial score (nSPS) is 24.3. The molecule has 0 amide bonds. The van der Waals surface area contributed by atoms with Gasteiger partial charge >= 0.3 is 0 Å². The molecule has 1 aromatic carbocycles. The fraction of sp³-hybridized carbons (Fsp3) is 0.438. The predicted molar refractivity (Wildman–Crippen MR) is 73.8 cm³/mol. The molecule has 1 fully saturated rings. The van der Waals surface area contributed by atoms with Crippen LogP contribution in [0, 0.1) is 5.92 Å². The van der Waals surface area contributed by atoms with Crippen molar-refractivity contribution in [1.29, 1.82) is 0 Å². The lowest BCUT2D eigenvalue weighted by atomic mass is 9.77. The van der Waals surface area contributed by atoms with E-state index in [1.54, 1.807) is 13.2 Å². The predicted octanol–water partition coefficient (Wildman–Crippen LogP) is 2.67. The summed E-state index contributed by atoms with van der Waals surface area (Å²) >= 11 is 0. The van der Waals surface area contributed by atoms with Crippen molar-refractivity contribution >= 4 is 5.78 Å². The van der Waals surface area contributed by atoms with Gasteiger partial charge in [-0.2, -0.15) is 0 Å². The van der Waals surface area contributed by atoms with Crippen LogP contribution in [0.2, 0.25) is 0 Å². The van der Waals surface area contributed by atoms with E-state index >= 15 is 0 Å². The molecule has 0 aromatic heterocycles. The molecule has 4 heteroatoms. The van der Waals surface area contributed by atoms with Gasteiger partial charge in [-0.15, -0.1) is 0 Å². The van der Waals surface area contributed by atoms with E-state index in [9.17, 15) is 4.79 Å². The molecule has 0 N–H and O–H groups in total. The molecule has 0 radical (unpaired) electrons. The Kier molecular flexibility index (Phi) is 3.36. The standard InChI is InChI=1S/C16H18O4/c1-3-4-11-9-15(17)13-10-12(18-2)5-6-14(13)16(11)19-7-8-20-16/h3-6,10-11H,7-9H2,1-2H3/b4-3+/t11-/m1/s1. The van der Waals surface area contributed by atoms with Gasteiger partial charge in [0, 0.05) is 23.5 Å². The zero-order valence-corrected chi connectivity index (χ0v) is 11.7. The summed E-state index contributed by atoms with van der Waals surface area (Å²) < 4.78 is 17.1. The maximum atomic E-state index is 12.4. The van der Waals surface area contributed by atoms with Crippen LogP contribution in [0.1, 0.15) is 29.3 Å². The van der Waals surface area contributed by atoms with Crippen molar-refractivity contribution in [3.8, 4) is 5.75 Å². The minimum absolute atomic E-state index is 0.0802. The van der Waals surface area contributed by atoms with E-state index in [1.165, 1.54) is 0 Å². The third kappa shape index (κ3) is 1.87. The summed E-state index contributed by atoms with van der Waals surface area (Å²) in [6, 6.07) is 5.50. The Morgan fingerprint density at radius 3 is 2.75 bits per heavy atom. The number of hydrogen-bond acceptors (Lipinski definition) is 4. The number of allylic oxidation sites excluding steroid dienone is 1. The van der Waals surface area contributed by atoms with Crippen molar-refractivity contribution in [2.24, 2.45) is 5.92 Å². The second-order valence-electron chi connectivity index (χ2n) is 5.04. The highest BCUT2D eigenvalue weighted by atomic mass is 16.7. The number of Topliss-reactive ketones (excluding diaryl/α,β-unsaturated/α-hetero) is 1. The number of carbonyl (C=O) groups is 1. The van der Waals surface area contributed by atoms with E-state index < -0.39 is 5.79 Å². The van der Waals surface area contributed by atoms with Crippen LogP contribution in [-0.2, 0) is 15.3 Å². The summed E-state index contributed by atoms with van der Waals surface area (Å²) in [6.07, 6.45) is 4.33. The number of fused-ring (bicyclic) bond motifs is 2. The molecule has 1 aliphatic carbocycles. The number of rotatable bonds is 2. The average Bonchev–Trinajstić information content (AvgIpc) is 2.95. The second kappa shape index (κ2) is 5.04. The fourth-order valence-corrected chi connectivity index (χ4v) is 3.05. The van der Waals surface area contributed by atoms with Gasteiger partial charge < -0.3 is 14.2 Å². The Bertz CT molecular complexity index is 556. The SMILES string of the molecule is C/C=C/[C@@H]1CC(=O)c2cc(OC)ccc2C12OCCO2. The van der Waals surface area contributed by atoms with E-state index in [-0.39, 0.29) is 11.7 Å². The number of benzene rings is 1. The summed E-state index contributed by atoms with van der Waals surface area (Å²) in [6.45, 7) is 3.04. The molecule has 4 nitrogen and oxygen atoms in total. The first-order valence-corrected chi connectivity index (χ1v) is 6.83. The first-order valence-electron chi connectivity index (χ1n) is 6.83. The first kappa shape index (κ1) is 13.3. The molecule has 0 unspecified atom stereocenters. The van der Waals surface area contributed by atoms with Gasteiger partial charge in [0.05, 0.1) is 20.3 Å². The van der Waals surface area contributed by atoms with Crippen molar-refractivity contribution in [1.82, 2.24) is 0 Å². The number of ether oxygens (including phenoxy) is 3. The van der Waals surface area contributed by atoms with Crippen molar-refractivity contribution in [3.05, 3.63) is 41.5 Å². The van der Waals surface area contributed by atoms with Gasteiger partial charge in [-0.1, -0.05) is 12.2 Å². The van der Waals surface area contributed by atoms with E-state index in [2.05, 4.69) is 0 Å². The van der Waals surface area contributed by atoms with Gasteiger partial charge in [0.1, 0.15) is 5.75 Å². The van der Waals surface area contributed by atoms with Gasteiger partial charge in [-0.25, -0.2) is 0 Å². The summed E-state index contributed by atoms with van der Waals surface area (Å²) in [5.41, 5.74) is 1.46. The van der Waals surface area contributed by atoms with Crippen molar-refractivity contribution in [2.45, 2.75) is 19.1 Å². The highest BCUT2D eigenvalue weighted by Crippen LogP contribution is 2.47. The van der Waals surface area contributed by atoms with Gasteiger partial charge in [0.25, 0.3) is 0 Å². The monoisotopic (exact) mass is 274 g/mol. The molecule has 1 aromatic rings. The summed E-state index contributed by atoms with van der Waals surface area (Å²) in [5.74, 6) is -0.119. The summed E-state index contributed by atoms with van der Waals surface area (Å²) in [7, 11) is 1.59. The maximum absolute atomic E-state index is 12.4. The van der Waals surface area contributed by atoms with Crippen LogP contribution in [0.5, 0.6) is 5.75 Å². The zero-order valence-electron chi connectivity index (χ0n) is 11.7. The van der Waals surface area contributed by atoms with Crippen LogP contribution < -0.4 is 4.74 Å². The van der Waals surface area contributed by atoms with E-state index in [0.29, 0.717) is 30.9 Å². The summed E-state index contributed by atoms with van der Waals surface area (Å²) in [5, 5.41) is 0. The lowest BCUT2D eigenvalue weighted by Crippen LogP contribution is -2.41. The molecule has 106 valence electrons. The van der Waals surface area contributed by atoms with Gasteiger partial charge in [0.2, 0.25) is 5.79 Å². The highest BCUT2D eigenvalue weighted by Gasteiger charge is 2.50. The molecule has 0 saturated carbocycles. The molecule has 1 aliphatic heterocycles. The first-order chi connectivity index (χ1) is 9.71. The molecule has 20 heavy (non-hydrogen) atoms. The molecule has 1 heterocycles. The van der Waals surface area contributed by atoms with Crippen LogP contribution in [0.25, 0.3) is 0 Å². The Balaban J connectivity index is 2.15. The third-order valence-corrected chi connectivity index (χ3v) is 3.94. The quantitative estimate of drug-likeness (QED) is 0.778. The maximum Gasteiger partial charge on any atom is 0.202 e. The number of ketones is 1. The molecular weight excluding hydrogens is 256 g/mol. The van der Waals surface area contributed by atoms with Crippen LogP contribution in [0.4, 0.5) is 0 Å². The van der Waals surface area contributed by atoms with Gasteiger partial charge in [-0.05, 0) is 25.1 Å². The Morgan fingerprint density at radius 2 is 2.10 bits per heavy atom. The lowest BCUT2D eigenvalue weighted by molar-refractivity contribution is -0.195. The molecule has 1 spiro atoms. The second-order valence-corrected chi connectivity index (χ2v) is 5.04. The number of carbonyl (C=O) groups excluding carboxylic acids is 1. The smallest absolute Gasteiger partial charge is 0.202 e. The van der Waals surface area contributed by atoms with Crippen LogP contribution in [-0.4, -0.2) is 26.1 Å². The number of methoxy groups -OCH3 is 1. The average molecular weight is 274 g/mol. The molecule has 1 saturated heterocycles. The molecule has 0 bridgehead atoms. The largest absolute Gasteiger partial charge is 0.497 e. The number of hydrogen-bond donors (Lipinski definition) is 0. The van der Waals surface area contributed by atoms with Crippen LogP contribution >= 0.6 is 0 Å². The van der Waals surface area contributed by atoms with Crippen molar-refractivity contribution < 1.29 is 19.0 Å². The minimum atomic E-state index is -0.817. The molecule has 3 rings (SSSR count). The summed E-state index contributed by atoms with van der Waals surface area (Å²) in [4.78, 5) is 12.4. The fourth-order valence-electron chi connectivity index (χ4n) is 3.05. The van der Waals surface area contributed by atoms with Crippen molar-refractivity contribution in [3.63, 3.8) is 0 Å². The molecule has 1 atom stereocenters. The molecular formula is C16H18O4. The third-order valence-electron chi connectivity index (χ3n) is 3.94. The van der Waals surface area contributed by atoms with Crippen LogP contribution in [0.3, 0.4) is 0 Å². The van der Waals surface area contributed by atoms with Gasteiger partial charge in [-0.3, -0.25) is 4.79 Å². The Hall–Kier alpha value is -1.65. The van der Waals surface area contributed by atoms with E-state index in [0.717, 1.165) is 5.56 Å².